The molecule has 1 aromatic rings. The molecule has 1 aliphatic carbocycles. The van der Waals surface area contributed by atoms with Gasteiger partial charge in [-0.2, -0.15) is 9.13 Å². The van der Waals surface area contributed by atoms with Gasteiger partial charge < -0.3 is 25.6 Å². The second kappa shape index (κ2) is 5.33. The molecule has 3 rings (SSSR count). The molecule has 1 aliphatic heterocycles. The van der Waals surface area contributed by atoms with Gasteiger partial charge in [-0.25, -0.2) is 4.52 Å². The van der Waals surface area contributed by atoms with Crippen LogP contribution in [-0.4, -0.2) is 43.9 Å². The Bertz CT molecular complexity index is 623. The van der Waals surface area contributed by atoms with Gasteiger partial charge in [-0.05, 0) is 6.07 Å². The first-order valence-corrected chi connectivity index (χ1v) is 8.34. The van der Waals surface area contributed by atoms with Crippen LogP contribution in [0.15, 0.2) is 24.5 Å². The van der Waals surface area contributed by atoms with Crippen molar-refractivity contribution in [2.24, 2.45) is 5.73 Å². The summed E-state index contributed by atoms with van der Waals surface area (Å²) in [5.41, 5.74) is 5.14. The predicted molar refractivity (Wildman–Crippen MR) is 72.3 cm³/mol. The molecule has 1 spiro atoms. The second-order valence-electron chi connectivity index (χ2n) is 5.58. The SMILES string of the molecule is NCc1ccc[n+]([C@@H]2OC3(C[C@H]3OP(=O)(O)[OH2+])[C@@H](O)[C@H]2O)c1. The molecule has 0 amide bonds. The van der Waals surface area contributed by atoms with Crippen LogP contribution >= 0.6 is 7.82 Å². The molecule has 1 saturated carbocycles. The first-order chi connectivity index (χ1) is 10.3. The number of hydrogen-bond acceptors (Lipinski definition) is 6. The predicted octanol–water partition coefficient (Wildman–Crippen LogP) is -1.96. The monoisotopic (exact) mass is 334 g/mol. The van der Waals surface area contributed by atoms with Crippen molar-refractivity contribution in [3.05, 3.63) is 30.1 Å². The largest absolute Gasteiger partial charge is 0.631 e. The van der Waals surface area contributed by atoms with Gasteiger partial charge in [0.15, 0.2) is 18.5 Å². The molecule has 9 nitrogen and oxygen atoms in total. The van der Waals surface area contributed by atoms with Crippen LogP contribution in [0.25, 0.3) is 0 Å². The van der Waals surface area contributed by atoms with Crippen molar-refractivity contribution in [2.45, 2.75) is 43.1 Å². The number of rotatable bonds is 4. The minimum absolute atomic E-state index is 0.141. The fourth-order valence-corrected chi connectivity index (χ4v) is 3.43. The van der Waals surface area contributed by atoms with Crippen LogP contribution in [0.4, 0.5) is 0 Å². The van der Waals surface area contributed by atoms with Crippen molar-refractivity contribution in [2.75, 3.05) is 0 Å². The second-order valence-corrected chi connectivity index (χ2v) is 6.83. The number of pyridine rings is 1. The molecular weight excluding hydrogens is 315 g/mol. The van der Waals surface area contributed by atoms with Gasteiger partial charge in [-0.1, -0.05) is 0 Å². The molecule has 10 heteroatoms. The lowest BCUT2D eigenvalue weighted by atomic mass is 10.1. The van der Waals surface area contributed by atoms with E-state index in [-0.39, 0.29) is 6.42 Å². The number of hydrogen-bond donors (Lipinski definition) is 4. The van der Waals surface area contributed by atoms with E-state index in [4.69, 9.17) is 20.3 Å². The van der Waals surface area contributed by atoms with Crippen molar-refractivity contribution in [3.63, 3.8) is 0 Å². The first-order valence-electron chi connectivity index (χ1n) is 6.77. The van der Waals surface area contributed by atoms with E-state index in [1.165, 1.54) is 0 Å². The van der Waals surface area contributed by atoms with Crippen LogP contribution in [0.2, 0.25) is 0 Å². The molecule has 0 bridgehead atoms. The standard InChI is InChI=1S/C12H17N2O7P/c13-5-7-2-1-3-14(6-7)11-9(15)10(16)12(20-11)4-8(12)21-22(17,18)19/h1-3,6,8-11,15-16H,4-5,13H2,(H-,17,18,19)/p+2/t8-,9-,10+,11-,12?/m1/s1. The Hall–Kier alpha value is -0.900. The quantitative estimate of drug-likeness (QED) is 0.284. The third-order valence-corrected chi connectivity index (χ3v) is 4.57. The van der Waals surface area contributed by atoms with Crippen molar-refractivity contribution < 1.29 is 38.4 Å². The Morgan fingerprint density at radius 1 is 1.59 bits per heavy atom. The minimum atomic E-state index is -4.43. The van der Waals surface area contributed by atoms with E-state index < -0.39 is 38.0 Å². The van der Waals surface area contributed by atoms with E-state index >= 15 is 0 Å². The van der Waals surface area contributed by atoms with Crippen molar-refractivity contribution in [1.29, 1.82) is 0 Å². The number of nitrogens with zero attached hydrogens (tertiary/aromatic N) is 1. The molecule has 0 radical (unpaired) electrons. The molecule has 0 aromatic carbocycles. The maximum absolute atomic E-state index is 11.0. The number of aliphatic hydroxyl groups excluding tert-OH is 2. The smallest absolute Gasteiger partial charge is 0.387 e. The van der Waals surface area contributed by atoms with Crippen LogP contribution in [0.1, 0.15) is 18.2 Å². The Labute approximate surface area is 126 Å². The van der Waals surface area contributed by atoms with Gasteiger partial charge in [0.2, 0.25) is 0 Å². The fraction of sp³-hybridized carbons (Fsp3) is 0.583. The summed E-state index contributed by atoms with van der Waals surface area (Å²) in [5, 5.41) is 20.4. The highest BCUT2D eigenvalue weighted by atomic mass is 31.2. The fourth-order valence-electron chi connectivity index (χ4n) is 2.83. The summed E-state index contributed by atoms with van der Waals surface area (Å²) >= 11 is 0. The number of nitrogens with two attached hydrogens (primary N) is 1. The maximum Gasteiger partial charge on any atom is 0.631 e. The normalized spacial score (nSPS) is 39.9. The molecule has 2 aliphatic rings. The Kier molecular flexibility index (Phi) is 3.87. The van der Waals surface area contributed by atoms with Crippen LogP contribution in [0, 0.1) is 0 Å². The highest BCUT2D eigenvalue weighted by Gasteiger charge is 2.73. The van der Waals surface area contributed by atoms with E-state index in [1.54, 1.807) is 23.0 Å². The summed E-state index contributed by atoms with van der Waals surface area (Å²) in [6, 6.07) is 3.55. The van der Waals surface area contributed by atoms with E-state index in [9.17, 15) is 14.8 Å². The Morgan fingerprint density at radius 2 is 2.32 bits per heavy atom. The lowest BCUT2D eigenvalue weighted by Gasteiger charge is -2.12. The van der Waals surface area contributed by atoms with Gasteiger partial charge >= 0.3 is 7.82 Å². The van der Waals surface area contributed by atoms with Crippen molar-refractivity contribution in [3.8, 4) is 0 Å². The van der Waals surface area contributed by atoms with Gasteiger partial charge in [0.05, 0.1) is 0 Å². The van der Waals surface area contributed by atoms with Gasteiger partial charge in [0, 0.05) is 24.6 Å². The summed E-state index contributed by atoms with van der Waals surface area (Å²) in [6.07, 6.45) is -0.758. The van der Waals surface area contributed by atoms with Gasteiger partial charge in [0.1, 0.15) is 17.8 Å². The Morgan fingerprint density at radius 3 is 2.95 bits per heavy atom. The molecular formula is C12H19N2O7P+2. The highest BCUT2D eigenvalue weighted by Crippen LogP contribution is 2.58. The topological polar surface area (TPSA) is 149 Å². The Balaban J connectivity index is 1.81. The number of aliphatic hydroxyl groups is 2. The third kappa shape index (κ3) is 2.70. The highest BCUT2D eigenvalue weighted by molar-refractivity contribution is 7.46. The van der Waals surface area contributed by atoms with Gasteiger partial charge in [-0.15, -0.1) is 0 Å². The zero-order valence-electron chi connectivity index (χ0n) is 11.6. The van der Waals surface area contributed by atoms with Crippen molar-refractivity contribution in [1.82, 2.24) is 0 Å². The maximum atomic E-state index is 11.0. The zero-order valence-corrected chi connectivity index (χ0v) is 12.5. The van der Waals surface area contributed by atoms with Crippen LogP contribution in [0.3, 0.4) is 0 Å². The molecule has 1 aromatic heterocycles. The summed E-state index contributed by atoms with van der Waals surface area (Å²) in [6.45, 7) is 0.315. The van der Waals surface area contributed by atoms with Crippen molar-refractivity contribution >= 4 is 7.82 Å². The molecule has 2 heterocycles. The summed E-state index contributed by atoms with van der Waals surface area (Å²) in [5.74, 6) is 0. The number of ether oxygens (including phenoxy) is 1. The van der Waals surface area contributed by atoms with Gasteiger partial charge in [0.25, 0.3) is 6.23 Å². The zero-order chi connectivity index (χ0) is 16.1. The molecule has 22 heavy (non-hydrogen) atoms. The van der Waals surface area contributed by atoms with E-state index in [0.29, 0.717) is 6.54 Å². The molecule has 1 saturated heterocycles. The summed E-state index contributed by atoms with van der Waals surface area (Å²) in [4.78, 5) is 15.9. The van der Waals surface area contributed by atoms with Crippen LogP contribution in [0.5, 0.6) is 0 Å². The third-order valence-electron chi connectivity index (χ3n) is 4.03. The molecule has 122 valence electrons. The number of aromatic nitrogens is 1. The minimum Gasteiger partial charge on any atom is -0.387 e. The lowest BCUT2D eigenvalue weighted by molar-refractivity contribution is -0.766. The van der Waals surface area contributed by atoms with E-state index in [1.807, 2.05) is 6.07 Å². The average molecular weight is 334 g/mol. The molecule has 2 unspecified atom stereocenters. The first kappa shape index (κ1) is 16.0. The van der Waals surface area contributed by atoms with Gasteiger partial charge in [-0.3, -0.25) is 4.89 Å². The van der Waals surface area contributed by atoms with E-state index in [2.05, 4.69) is 4.52 Å². The lowest BCUT2D eigenvalue weighted by Crippen LogP contribution is -2.46. The molecule has 6 atom stereocenters. The van der Waals surface area contributed by atoms with E-state index in [0.717, 1.165) is 5.56 Å². The molecule has 2 fully saturated rings. The summed E-state index contributed by atoms with van der Waals surface area (Å²) in [7, 11) is -4.43. The van der Waals surface area contributed by atoms with Crippen LogP contribution < -0.4 is 10.3 Å². The molecule has 7 N–H and O–H groups in total. The summed E-state index contributed by atoms with van der Waals surface area (Å²) < 4.78 is 23.0. The average Bonchev–Trinajstić information content (AvgIpc) is 3.07. The van der Waals surface area contributed by atoms with Crippen LogP contribution in [-0.2, 0) is 20.4 Å².